The molecule has 2 heteroatoms. The molecule has 0 aromatic rings. The molecule has 1 aliphatic rings. The van der Waals surface area contributed by atoms with Gasteiger partial charge in [-0.3, -0.25) is 0 Å². The first kappa shape index (κ1) is 8.73. The molecule has 1 aliphatic carbocycles. The van der Waals surface area contributed by atoms with Crippen LogP contribution >= 0.6 is 23.4 Å². The highest BCUT2D eigenvalue weighted by Gasteiger charge is 2.13. The average molecular weight is 179 g/mol. The smallest absolute Gasteiger partial charge is 0.0314 e. The fourth-order valence-electron chi connectivity index (χ4n) is 1.48. The summed E-state index contributed by atoms with van der Waals surface area (Å²) in [5.41, 5.74) is 0. The third kappa shape index (κ3) is 3.16. The highest BCUT2D eigenvalue weighted by molar-refractivity contribution is 7.99. The van der Waals surface area contributed by atoms with Gasteiger partial charge in [-0.1, -0.05) is 12.8 Å². The third-order valence-electron chi connectivity index (χ3n) is 2.05. The molecule has 0 aromatic carbocycles. The van der Waals surface area contributed by atoms with Crippen LogP contribution in [0.5, 0.6) is 0 Å². The van der Waals surface area contributed by atoms with E-state index in [4.69, 9.17) is 11.6 Å². The molecule has 0 spiro atoms. The minimum Gasteiger partial charge on any atom is -0.160 e. The topological polar surface area (TPSA) is 0 Å². The van der Waals surface area contributed by atoms with Gasteiger partial charge in [0.25, 0.3) is 0 Å². The Hall–Kier alpha value is 0.640. The molecule has 60 valence electrons. The molecular formula is C8H15ClS. The monoisotopic (exact) mass is 178 g/mol. The number of alkyl halides is 1. The lowest BCUT2D eigenvalue weighted by Crippen LogP contribution is -1.97. The maximum atomic E-state index is 5.57. The summed E-state index contributed by atoms with van der Waals surface area (Å²) < 4.78 is 0. The Morgan fingerprint density at radius 1 is 1.30 bits per heavy atom. The summed E-state index contributed by atoms with van der Waals surface area (Å²) in [6.07, 6.45) is 5.86. The van der Waals surface area contributed by atoms with Gasteiger partial charge in [0.15, 0.2) is 0 Å². The molecule has 0 unspecified atom stereocenters. The molecule has 0 atom stereocenters. The van der Waals surface area contributed by atoms with Gasteiger partial charge < -0.3 is 0 Å². The lowest BCUT2D eigenvalue weighted by molar-refractivity contribution is 0.623. The first-order valence-electron chi connectivity index (χ1n) is 4.07. The van der Waals surface area contributed by atoms with Gasteiger partial charge in [0.1, 0.15) is 0 Å². The lowest BCUT2D eigenvalue weighted by Gasteiger charge is -2.05. The summed E-state index contributed by atoms with van der Waals surface area (Å²) in [5.74, 6) is 4.33. The zero-order chi connectivity index (χ0) is 7.23. The first-order chi connectivity index (χ1) is 4.93. The van der Waals surface area contributed by atoms with E-state index in [1.54, 1.807) is 0 Å². The van der Waals surface area contributed by atoms with Gasteiger partial charge in [-0.2, -0.15) is 11.8 Å². The fraction of sp³-hybridized carbons (Fsp3) is 1.00. The van der Waals surface area contributed by atoms with Crippen molar-refractivity contribution in [2.75, 3.05) is 17.4 Å². The number of rotatable bonds is 4. The summed E-state index contributed by atoms with van der Waals surface area (Å²) >= 11 is 7.58. The SMILES string of the molecule is ClCCSCC1CCCC1. The molecule has 0 saturated heterocycles. The fourth-order valence-corrected chi connectivity index (χ4v) is 2.75. The van der Waals surface area contributed by atoms with Crippen molar-refractivity contribution in [2.24, 2.45) is 5.92 Å². The first-order valence-corrected chi connectivity index (χ1v) is 5.76. The standard InChI is InChI=1S/C8H15ClS/c9-5-6-10-7-8-3-1-2-4-8/h8H,1-7H2. The van der Waals surface area contributed by atoms with Gasteiger partial charge in [-0.15, -0.1) is 11.6 Å². The summed E-state index contributed by atoms with van der Waals surface area (Å²) in [7, 11) is 0. The maximum absolute atomic E-state index is 5.57. The maximum Gasteiger partial charge on any atom is 0.0314 e. The van der Waals surface area contributed by atoms with Crippen molar-refractivity contribution < 1.29 is 0 Å². The van der Waals surface area contributed by atoms with Crippen LogP contribution in [-0.2, 0) is 0 Å². The van der Waals surface area contributed by atoms with E-state index in [0.29, 0.717) is 0 Å². The zero-order valence-electron chi connectivity index (χ0n) is 6.31. The second-order valence-electron chi connectivity index (χ2n) is 2.91. The Morgan fingerprint density at radius 3 is 2.60 bits per heavy atom. The Labute approximate surface area is 72.7 Å². The van der Waals surface area contributed by atoms with Gasteiger partial charge in [0, 0.05) is 11.6 Å². The van der Waals surface area contributed by atoms with Crippen molar-refractivity contribution in [2.45, 2.75) is 25.7 Å². The molecule has 0 heterocycles. The zero-order valence-corrected chi connectivity index (χ0v) is 7.89. The number of hydrogen-bond donors (Lipinski definition) is 0. The van der Waals surface area contributed by atoms with Crippen LogP contribution in [-0.4, -0.2) is 17.4 Å². The highest BCUT2D eigenvalue weighted by Crippen LogP contribution is 2.27. The molecule has 0 N–H and O–H groups in total. The molecule has 0 aromatic heterocycles. The van der Waals surface area contributed by atoms with Crippen LogP contribution in [0.25, 0.3) is 0 Å². The van der Waals surface area contributed by atoms with Crippen LogP contribution in [0.2, 0.25) is 0 Å². The molecule has 1 fully saturated rings. The molecule has 10 heavy (non-hydrogen) atoms. The van der Waals surface area contributed by atoms with Gasteiger partial charge >= 0.3 is 0 Å². The van der Waals surface area contributed by atoms with Gasteiger partial charge in [-0.05, 0) is 24.5 Å². The summed E-state index contributed by atoms with van der Waals surface area (Å²) in [6, 6.07) is 0. The summed E-state index contributed by atoms with van der Waals surface area (Å²) in [5, 5.41) is 0. The highest BCUT2D eigenvalue weighted by atomic mass is 35.5. The Kier molecular flexibility index (Phi) is 4.64. The summed E-state index contributed by atoms with van der Waals surface area (Å²) in [6.45, 7) is 0. The van der Waals surface area contributed by atoms with Crippen LogP contribution < -0.4 is 0 Å². The molecule has 0 aliphatic heterocycles. The third-order valence-corrected chi connectivity index (χ3v) is 3.66. The quantitative estimate of drug-likeness (QED) is 0.471. The van der Waals surface area contributed by atoms with Crippen LogP contribution in [0.3, 0.4) is 0 Å². The van der Waals surface area contributed by atoms with Crippen molar-refractivity contribution in [1.29, 1.82) is 0 Å². The predicted octanol–water partition coefficient (Wildman–Crippen LogP) is 3.15. The number of thioether (sulfide) groups is 1. The van der Waals surface area contributed by atoms with E-state index in [2.05, 4.69) is 0 Å². The largest absolute Gasteiger partial charge is 0.160 e. The van der Waals surface area contributed by atoms with E-state index in [-0.39, 0.29) is 0 Å². The minimum atomic E-state index is 0.817. The number of hydrogen-bond acceptors (Lipinski definition) is 1. The van der Waals surface area contributed by atoms with Gasteiger partial charge in [-0.25, -0.2) is 0 Å². The van der Waals surface area contributed by atoms with Crippen LogP contribution in [0.4, 0.5) is 0 Å². The second-order valence-corrected chi connectivity index (χ2v) is 4.44. The van der Waals surface area contributed by atoms with Crippen LogP contribution in [0, 0.1) is 5.92 Å². The molecule has 1 saturated carbocycles. The van der Waals surface area contributed by atoms with Crippen molar-refractivity contribution in [3.63, 3.8) is 0 Å². The van der Waals surface area contributed by atoms with E-state index in [1.807, 2.05) is 11.8 Å². The average Bonchev–Trinajstić information content (AvgIpc) is 2.41. The van der Waals surface area contributed by atoms with Gasteiger partial charge in [0.2, 0.25) is 0 Å². The van der Waals surface area contributed by atoms with Crippen molar-refractivity contribution in [1.82, 2.24) is 0 Å². The molecule has 0 amide bonds. The van der Waals surface area contributed by atoms with Crippen LogP contribution in [0.1, 0.15) is 25.7 Å². The lowest BCUT2D eigenvalue weighted by atomic mass is 10.1. The molecule has 0 radical (unpaired) electrons. The molecular weight excluding hydrogens is 164 g/mol. The summed E-state index contributed by atoms with van der Waals surface area (Å²) in [4.78, 5) is 0. The second kappa shape index (κ2) is 5.31. The van der Waals surface area contributed by atoms with Crippen molar-refractivity contribution in [3.05, 3.63) is 0 Å². The minimum absolute atomic E-state index is 0.817. The van der Waals surface area contributed by atoms with E-state index in [1.165, 1.54) is 31.4 Å². The van der Waals surface area contributed by atoms with E-state index < -0.39 is 0 Å². The Morgan fingerprint density at radius 2 is 2.00 bits per heavy atom. The Balaban J connectivity index is 1.91. The predicted molar refractivity (Wildman–Crippen MR) is 50.0 cm³/mol. The number of halogens is 1. The van der Waals surface area contributed by atoms with Crippen LogP contribution in [0.15, 0.2) is 0 Å². The van der Waals surface area contributed by atoms with E-state index in [9.17, 15) is 0 Å². The van der Waals surface area contributed by atoms with Crippen molar-refractivity contribution >= 4 is 23.4 Å². The molecule has 1 rings (SSSR count). The molecule has 0 nitrogen and oxygen atoms in total. The Bertz CT molecular complexity index is 79.3. The molecule has 0 bridgehead atoms. The van der Waals surface area contributed by atoms with E-state index >= 15 is 0 Å². The van der Waals surface area contributed by atoms with E-state index in [0.717, 1.165) is 17.6 Å². The van der Waals surface area contributed by atoms with Crippen molar-refractivity contribution in [3.8, 4) is 0 Å². The normalized spacial score (nSPS) is 20.1. The van der Waals surface area contributed by atoms with Gasteiger partial charge in [0.05, 0.1) is 0 Å².